The lowest BCUT2D eigenvalue weighted by molar-refractivity contribution is 0.435. The maximum atomic E-state index is 5.99. The molecule has 0 spiro atoms. The van der Waals surface area contributed by atoms with Crippen molar-refractivity contribution in [3.05, 3.63) is 70.2 Å². The fourth-order valence-corrected chi connectivity index (χ4v) is 3.63. The van der Waals surface area contributed by atoms with Gasteiger partial charge in [0.2, 0.25) is 0 Å². The highest BCUT2D eigenvalue weighted by Crippen LogP contribution is 2.36. The van der Waals surface area contributed by atoms with Crippen molar-refractivity contribution < 1.29 is 0 Å². The minimum Gasteiger partial charge on any atom is -0.313 e. The van der Waals surface area contributed by atoms with E-state index in [9.17, 15) is 0 Å². The molecule has 0 saturated heterocycles. The summed E-state index contributed by atoms with van der Waals surface area (Å²) in [6.45, 7) is 3.20. The molecule has 21 heavy (non-hydrogen) atoms. The van der Waals surface area contributed by atoms with E-state index in [0.717, 1.165) is 18.0 Å². The predicted octanol–water partition coefficient (Wildman–Crippen LogP) is 4.59. The Labute approximate surface area is 132 Å². The zero-order valence-electron chi connectivity index (χ0n) is 12.5. The highest BCUT2D eigenvalue weighted by Gasteiger charge is 2.29. The number of rotatable bonds is 5. The van der Waals surface area contributed by atoms with Gasteiger partial charge in [0.1, 0.15) is 0 Å². The molecule has 1 nitrogen and oxygen atoms in total. The van der Waals surface area contributed by atoms with Crippen molar-refractivity contribution in [1.82, 2.24) is 5.32 Å². The fraction of sp³-hybridized carbons (Fsp3) is 0.368. The number of hydrogen-bond donors (Lipinski definition) is 1. The Bertz CT molecular complexity index is 591. The van der Waals surface area contributed by atoms with E-state index < -0.39 is 0 Å². The second kappa shape index (κ2) is 6.64. The molecule has 0 fully saturated rings. The standard InChI is InChI=1S/C19H22ClN/c1-2-21-19(13-14-7-10-16(20)11-8-14)18-12-9-15-5-3-4-6-17(15)18/h3-8,10-11,18-19,21H,2,9,12-13H2,1H3. The van der Waals surface area contributed by atoms with E-state index >= 15 is 0 Å². The lowest BCUT2D eigenvalue weighted by atomic mass is 9.89. The summed E-state index contributed by atoms with van der Waals surface area (Å²) in [6, 6.07) is 17.7. The van der Waals surface area contributed by atoms with Crippen LogP contribution in [0.2, 0.25) is 5.02 Å². The maximum Gasteiger partial charge on any atom is 0.0406 e. The Morgan fingerprint density at radius 3 is 2.67 bits per heavy atom. The third kappa shape index (κ3) is 3.30. The van der Waals surface area contributed by atoms with E-state index in [0.29, 0.717) is 12.0 Å². The number of aryl methyl sites for hydroxylation is 1. The molecule has 3 rings (SSSR count). The molecule has 2 heteroatoms. The molecular weight excluding hydrogens is 278 g/mol. The minimum absolute atomic E-state index is 0.500. The van der Waals surface area contributed by atoms with Crippen molar-refractivity contribution >= 4 is 11.6 Å². The summed E-state index contributed by atoms with van der Waals surface area (Å²) in [7, 11) is 0. The largest absolute Gasteiger partial charge is 0.313 e. The van der Waals surface area contributed by atoms with Crippen LogP contribution < -0.4 is 5.32 Å². The van der Waals surface area contributed by atoms with Gasteiger partial charge in [-0.15, -0.1) is 0 Å². The molecule has 2 atom stereocenters. The molecule has 2 aromatic carbocycles. The van der Waals surface area contributed by atoms with E-state index in [4.69, 9.17) is 11.6 Å². The molecule has 0 bridgehead atoms. The summed E-state index contributed by atoms with van der Waals surface area (Å²) >= 11 is 5.99. The Morgan fingerprint density at radius 2 is 1.90 bits per heavy atom. The molecule has 0 saturated carbocycles. The van der Waals surface area contributed by atoms with Gasteiger partial charge in [0.15, 0.2) is 0 Å². The van der Waals surface area contributed by atoms with Crippen LogP contribution in [0, 0.1) is 0 Å². The summed E-state index contributed by atoms with van der Waals surface area (Å²) in [5, 5.41) is 4.51. The molecule has 2 unspecified atom stereocenters. The van der Waals surface area contributed by atoms with E-state index in [1.165, 1.54) is 29.5 Å². The average Bonchev–Trinajstić information content (AvgIpc) is 2.93. The Morgan fingerprint density at radius 1 is 1.14 bits per heavy atom. The van der Waals surface area contributed by atoms with Crippen molar-refractivity contribution in [2.24, 2.45) is 0 Å². The van der Waals surface area contributed by atoms with Crippen molar-refractivity contribution in [1.29, 1.82) is 0 Å². The van der Waals surface area contributed by atoms with Gasteiger partial charge in [0, 0.05) is 17.0 Å². The minimum atomic E-state index is 0.500. The van der Waals surface area contributed by atoms with Gasteiger partial charge in [-0.05, 0) is 54.6 Å². The van der Waals surface area contributed by atoms with Crippen LogP contribution in [-0.2, 0) is 12.8 Å². The molecule has 0 amide bonds. The maximum absolute atomic E-state index is 5.99. The van der Waals surface area contributed by atoms with E-state index in [-0.39, 0.29) is 0 Å². The summed E-state index contributed by atoms with van der Waals surface area (Å²) in [6.07, 6.45) is 3.53. The molecule has 0 heterocycles. The first-order valence-electron chi connectivity index (χ1n) is 7.83. The number of halogens is 1. The Hall–Kier alpha value is -1.31. The summed E-state index contributed by atoms with van der Waals surface area (Å²) in [5.41, 5.74) is 4.42. The third-order valence-corrected chi connectivity index (χ3v) is 4.75. The molecular formula is C19H22ClN. The normalized spacial score (nSPS) is 18.5. The molecule has 1 aliphatic carbocycles. The number of nitrogens with one attached hydrogen (secondary N) is 1. The van der Waals surface area contributed by atoms with E-state index in [1.807, 2.05) is 12.1 Å². The zero-order chi connectivity index (χ0) is 14.7. The highest BCUT2D eigenvalue weighted by molar-refractivity contribution is 6.30. The monoisotopic (exact) mass is 299 g/mol. The Balaban J connectivity index is 1.80. The van der Waals surface area contributed by atoms with Crippen LogP contribution in [0.1, 0.15) is 36.0 Å². The van der Waals surface area contributed by atoms with Gasteiger partial charge in [-0.25, -0.2) is 0 Å². The smallest absolute Gasteiger partial charge is 0.0406 e. The van der Waals surface area contributed by atoms with Gasteiger partial charge in [-0.1, -0.05) is 54.9 Å². The van der Waals surface area contributed by atoms with Gasteiger partial charge >= 0.3 is 0 Å². The molecule has 1 N–H and O–H groups in total. The SMILES string of the molecule is CCNC(Cc1ccc(Cl)cc1)C1CCc2ccccc21. The first-order valence-corrected chi connectivity index (χ1v) is 8.21. The third-order valence-electron chi connectivity index (χ3n) is 4.50. The molecule has 0 aliphatic heterocycles. The number of fused-ring (bicyclic) bond motifs is 1. The van der Waals surface area contributed by atoms with Crippen LogP contribution in [0.5, 0.6) is 0 Å². The van der Waals surface area contributed by atoms with Crippen LogP contribution in [0.4, 0.5) is 0 Å². The van der Waals surface area contributed by atoms with Crippen LogP contribution >= 0.6 is 11.6 Å². The van der Waals surface area contributed by atoms with Crippen molar-refractivity contribution in [3.63, 3.8) is 0 Å². The van der Waals surface area contributed by atoms with Gasteiger partial charge < -0.3 is 5.32 Å². The molecule has 0 radical (unpaired) electrons. The van der Waals surface area contributed by atoms with Crippen LogP contribution in [-0.4, -0.2) is 12.6 Å². The van der Waals surface area contributed by atoms with Gasteiger partial charge in [0.05, 0.1) is 0 Å². The lowest BCUT2D eigenvalue weighted by Crippen LogP contribution is -2.36. The van der Waals surface area contributed by atoms with Crippen molar-refractivity contribution in [2.75, 3.05) is 6.54 Å². The second-order valence-electron chi connectivity index (χ2n) is 5.84. The molecule has 2 aromatic rings. The van der Waals surface area contributed by atoms with Crippen LogP contribution in [0.25, 0.3) is 0 Å². The summed E-state index contributed by atoms with van der Waals surface area (Å²) < 4.78 is 0. The first-order chi connectivity index (χ1) is 10.3. The quantitative estimate of drug-likeness (QED) is 0.851. The Kier molecular flexibility index (Phi) is 4.62. The predicted molar refractivity (Wildman–Crippen MR) is 90.1 cm³/mol. The number of hydrogen-bond acceptors (Lipinski definition) is 1. The van der Waals surface area contributed by atoms with Crippen LogP contribution in [0.3, 0.4) is 0 Å². The van der Waals surface area contributed by atoms with Crippen LogP contribution in [0.15, 0.2) is 48.5 Å². The van der Waals surface area contributed by atoms with Crippen molar-refractivity contribution in [2.45, 2.75) is 38.1 Å². The lowest BCUT2D eigenvalue weighted by Gasteiger charge is -2.25. The van der Waals surface area contributed by atoms with E-state index in [1.54, 1.807) is 0 Å². The number of likely N-dealkylation sites (N-methyl/N-ethyl adjacent to an activating group) is 1. The van der Waals surface area contributed by atoms with Gasteiger partial charge in [0.25, 0.3) is 0 Å². The first kappa shape index (κ1) is 14.6. The van der Waals surface area contributed by atoms with Gasteiger partial charge in [-0.2, -0.15) is 0 Å². The van der Waals surface area contributed by atoms with Gasteiger partial charge in [-0.3, -0.25) is 0 Å². The average molecular weight is 300 g/mol. The topological polar surface area (TPSA) is 12.0 Å². The summed E-state index contributed by atoms with van der Waals surface area (Å²) in [4.78, 5) is 0. The molecule has 110 valence electrons. The number of benzene rings is 2. The second-order valence-corrected chi connectivity index (χ2v) is 6.28. The highest BCUT2D eigenvalue weighted by atomic mass is 35.5. The van der Waals surface area contributed by atoms with E-state index in [2.05, 4.69) is 48.6 Å². The fourth-order valence-electron chi connectivity index (χ4n) is 3.50. The zero-order valence-corrected chi connectivity index (χ0v) is 13.2. The molecule has 1 aliphatic rings. The summed E-state index contributed by atoms with van der Waals surface area (Å²) in [5.74, 6) is 0.622. The van der Waals surface area contributed by atoms with Crippen molar-refractivity contribution in [3.8, 4) is 0 Å². The molecule has 0 aromatic heterocycles.